The van der Waals surface area contributed by atoms with Crippen molar-refractivity contribution in [2.24, 2.45) is 10.9 Å². The number of amides is 2. The second-order valence-electron chi connectivity index (χ2n) is 5.81. The first-order valence-electron chi connectivity index (χ1n) is 8.35. The molecule has 2 aromatic heterocycles. The number of nitrogens with zero attached hydrogens (tertiary/aromatic N) is 3. The average molecular weight is 357 g/mol. The molecular formula is C18H23N5O3+2. The number of carbonyl (C=O) groups excluding carboxylic acids is 2. The predicted molar refractivity (Wildman–Crippen MR) is 94.6 cm³/mol. The van der Waals surface area contributed by atoms with Crippen molar-refractivity contribution in [3.05, 3.63) is 54.6 Å². The summed E-state index contributed by atoms with van der Waals surface area (Å²) in [6, 6.07) is 7.06. The Morgan fingerprint density at radius 2 is 1.77 bits per heavy atom. The van der Waals surface area contributed by atoms with E-state index in [1.165, 1.54) is 0 Å². The molecule has 0 aromatic carbocycles. The Morgan fingerprint density at radius 3 is 2.42 bits per heavy atom. The van der Waals surface area contributed by atoms with Crippen LogP contribution in [-0.2, 0) is 17.9 Å². The highest BCUT2D eigenvalue weighted by molar-refractivity contribution is 6.31. The Balaban J connectivity index is 1.72. The molecule has 4 N–H and O–H groups in total. The van der Waals surface area contributed by atoms with Crippen molar-refractivity contribution in [2.45, 2.75) is 32.4 Å². The van der Waals surface area contributed by atoms with Crippen LogP contribution in [0.1, 0.15) is 29.6 Å². The second-order valence-corrected chi connectivity index (χ2v) is 5.81. The number of hydrogen-bond acceptors (Lipinski definition) is 4. The molecule has 2 heterocycles. The second kappa shape index (κ2) is 9.87. The quantitative estimate of drug-likeness (QED) is 0.201. The molecule has 8 heteroatoms. The largest absolute Gasteiger partial charge is 0.411 e. The zero-order valence-corrected chi connectivity index (χ0v) is 14.4. The molecule has 26 heavy (non-hydrogen) atoms. The minimum Gasteiger partial charge on any atom is -0.411 e. The maximum absolute atomic E-state index is 11.4. The van der Waals surface area contributed by atoms with Crippen LogP contribution in [0, 0.1) is 0 Å². The lowest BCUT2D eigenvalue weighted by Crippen LogP contribution is -2.34. The summed E-state index contributed by atoms with van der Waals surface area (Å²) in [5, 5.41) is 13.6. The number of hydrogen-bond donors (Lipinski definition) is 3. The summed E-state index contributed by atoms with van der Waals surface area (Å²) in [6.07, 6.45) is 11.4. The van der Waals surface area contributed by atoms with Gasteiger partial charge in [0.25, 0.3) is 5.91 Å². The first-order valence-corrected chi connectivity index (χ1v) is 8.35. The lowest BCUT2D eigenvalue weighted by Gasteiger charge is -2.02. The fourth-order valence-electron chi connectivity index (χ4n) is 2.50. The number of anilines is 1. The number of unbranched alkanes of at least 4 members (excludes halogenated alkanes) is 2. The number of aryl methyl sites for hydroxylation is 2. The molecule has 0 fully saturated rings. The van der Waals surface area contributed by atoms with Gasteiger partial charge in [0.2, 0.25) is 5.91 Å². The van der Waals surface area contributed by atoms with Gasteiger partial charge >= 0.3 is 0 Å². The van der Waals surface area contributed by atoms with Crippen molar-refractivity contribution >= 4 is 23.7 Å². The van der Waals surface area contributed by atoms with Crippen LogP contribution in [0.2, 0.25) is 0 Å². The van der Waals surface area contributed by atoms with E-state index in [9.17, 15) is 9.59 Å². The van der Waals surface area contributed by atoms with E-state index in [4.69, 9.17) is 10.9 Å². The van der Waals surface area contributed by atoms with Gasteiger partial charge in [-0.2, -0.15) is 0 Å². The molecule has 0 saturated carbocycles. The Kier molecular flexibility index (Phi) is 7.23. The number of primary amides is 1. The molecule has 2 amide bonds. The van der Waals surface area contributed by atoms with Crippen molar-refractivity contribution in [1.29, 1.82) is 0 Å². The molecule has 0 radical (unpaired) electrons. The molecule has 0 aliphatic carbocycles. The van der Waals surface area contributed by atoms with Crippen LogP contribution in [0.25, 0.3) is 0 Å². The summed E-state index contributed by atoms with van der Waals surface area (Å²) in [7, 11) is 0. The van der Waals surface area contributed by atoms with Crippen LogP contribution in [0.4, 0.5) is 5.69 Å². The van der Waals surface area contributed by atoms with Crippen LogP contribution >= 0.6 is 0 Å². The summed E-state index contributed by atoms with van der Waals surface area (Å²) in [4.78, 5) is 22.4. The Morgan fingerprint density at radius 1 is 1.08 bits per heavy atom. The highest BCUT2D eigenvalue weighted by Crippen LogP contribution is 2.02. The van der Waals surface area contributed by atoms with Crippen molar-refractivity contribution in [1.82, 2.24) is 0 Å². The van der Waals surface area contributed by atoms with Crippen LogP contribution in [0.3, 0.4) is 0 Å². The average Bonchev–Trinajstić information content (AvgIpc) is 2.62. The molecule has 2 rings (SSSR count). The Hall–Kier alpha value is -3.29. The fourth-order valence-corrected chi connectivity index (χ4v) is 2.50. The number of nitrogens with one attached hydrogen (secondary N) is 1. The van der Waals surface area contributed by atoms with Crippen LogP contribution < -0.4 is 20.2 Å². The molecule has 0 bridgehead atoms. The van der Waals surface area contributed by atoms with E-state index in [1.54, 1.807) is 18.2 Å². The highest BCUT2D eigenvalue weighted by atomic mass is 16.4. The SMILES string of the molecule is NC(=O)c1cc[n+](CCCCC[n+]2cccc(NC(=O)/C=N\O)c2)cc1. The van der Waals surface area contributed by atoms with Gasteiger partial charge in [-0.15, -0.1) is 0 Å². The maximum atomic E-state index is 11.4. The third-order valence-corrected chi connectivity index (χ3v) is 3.81. The number of carbonyl (C=O) groups is 2. The molecule has 2 aromatic rings. The van der Waals surface area contributed by atoms with Gasteiger partial charge in [-0.25, -0.2) is 9.13 Å². The fraction of sp³-hybridized carbons (Fsp3) is 0.278. The number of oxime groups is 1. The van der Waals surface area contributed by atoms with Gasteiger partial charge in [0.05, 0.1) is 5.56 Å². The topological polar surface area (TPSA) is 113 Å². The van der Waals surface area contributed by atoms with E-state index in [0.717, 1.165) is 38.6 Å². The predicted octanol–water partition coefficient (Wildman–Crippen LogP) is 0.629. The van der Waals surface area contributed by atoms with Gasteiger partial charge in [-0.3, -0.25) is 9.59 Å². The van der Waals surface area contributed by atoms with Crippen LogP contribution in [0.5, 0.6) is 0 Å². The third-order valence-electron chi connectivity index (χ3n) is 3.81. The van der Waals surface area contributed by atoms with E-state index in [1.807, 2.05) is 40.0 Å². The molecule has 0 atom stereocenters. The summed E-state index contributed by atoms with van der Waals surface area (Å²) in [5.74, 6) is -0.902. The van der Waals surface area contributed by atoms with Crippen LogP contribution in [-0.4, -0.2) is 23.2 Å². The summed E-state index contributed by atoms with van der Waals surface area (Å²) < 4.78 is 4.03. The van der Waals surface area contributed by atoms with Gasteiger partial charge in [0.15, 0.2) is 24.8 Å². The van der Waals surface area contributed by atoms with E-state index in [0.29, 0.717) is 11.3 Å². The summed E-state index contributed by atoms with van der Waals surface area (Å²) in [6.45, 7) is 1.71. The van der Waals surface area contributed by atoms with Gasteiger partial charge in [-0.1, -0.05) is 5.16 Å². The highest BCUT2D eigenvalue weighted by Gasteiger charge is 2.07. The molecule has 0 aliphatic heterocycles. The molecule has 8 nitrogen and oxygen atoms in total. The number of aromatic nitrogens is 2. The van der Waals surface area contributed by atoms with Gasteiger partial charge in [-0.05, 0) is 12.5 Å². The third kappa shape index (κ3) is 6.31. The Bertz CT molecular complexity index is 775. The maximum Gasteiger partial charge on any atom is 0.270 e. The number of pyridine rings is 2. The minimum atomic E-state index is -0.482. The summed E-state index contributed by atoms with van der Waals surface area (Å²) in [5.41, 5.74) is 6.37. The van der Waals surface area contributed by atoms with Gasteiger partial charge in [0.1, 0.15) is 25.0 Å². The normalized spacial score (nSPS) is 10.8. The van der Waals surface area contributed by atoms with E-state index >= 15 is 0 Å². The van der Waals surface area contributed by atoms with E-state index in [-0.39, 0.29) is 0 Å². The van der Waals surface area contributed by atoms with Crippen LogP contribution in [0.15, 0.2) is 54.2 Å². The lowest BCUT2D eigenvalue weighted by molar-refractivity contribution is -0.700. The molecule has 0 saturated heterocycles. The molecule has 0 unspecified atom stereocenters. The molecule has 0 spiro atoms. The van der Waals surface area contributed by atoms with E-state index < -0.39 is 11.8 Å². The van der Waals surface area contributed by atoms with Gasteiger partial charge in [0, 0.05) is 31.0 Å². The standard InChI is InChI=1S/C18H21N5O3/c19-18(25)15-6-11-22(12-7-15)8-2-1-3-9-23-10-4-5-16(14-23)21-17(24)13-20-26/h4-7,10-14H,1-3,8-9H2,(H2-2,19,21,24,25,26)/p+2. The first-order chi connectivity index (χ1) is 12.6. The zero-order chi connectivity index (χ0) is 18.8. The van der Waals surface area contributed by atoms with Gasteiger partial charge < -0.3 is 16.3 Å². The molecule has 136 valence electrons. The first kappa shape index (κ1) is 19.0. The minimum absolute atomic E-state index is 0.420. The number of rotatable bonds is 9. The monoisotopic (exact) mass is 357 g/mol. The zero-order valence-electron chi connectivity index (χ0n) is 14.4. The van der Waals surface area contributed by atoms with Crippen molar-refractivity contribution in [2.75, 3.05) is 5.32 Å². The lowest BCUT2D eigenvalue weighted by atomic mass is 10.2. The van der Waals surface area contributed by atoms with E-state index in [2.05, 4.69) is 10.5 Å². The van der Waals surface area contributed by atoms with Crippen molar-refractivity contribution in [3.63, 3.8) is 0 Å². The van der Waals surface area contributed by atoms with Crippen molar-refractivity contribution < 1.29 is 23.9 Å². The Labute approximate surface area is 151 Å². The molecule has 0 aliphatic rings. The molecular weight excluding hydrogens is 334 g/mol. The smallest absolute Gasteiger partial charge is 0.270 e. The summed E-state index contributed by atoms with van der Waals surface area (Å²) >= 11 is 0. The van der Waals surface area contributed by atoms with Crippen molar-refractivity contribution in [3.8, 4) is 0 Å². The number of nitrogens with two attached hydrogens (primary N) is 1.